The quantitative estimate of drug-likeness (QED) is 0.213. The standard InChI is InChI=1S/C34H31F2N3O3S/c35-23-9-6-10-24(36)31(23)26-14-11-21-17-22(12-13-25(21)37-26)32-30(20-7-2-1-3-8-20)33-27(18-28(43-33)34(41)42)39(32)19-29(40)38-15-4-5-16-38/h6,9-14,17-18,20H,1-5,7-8,15-16,19H2,(H,41,42). The number of hydrogen-bond donors (Lipinski definition) is 1. The van der Waals surface area contributed by atoms with Crippen LogP contribution in [0.4, 0.5) is 8.78 Å². The molecule has 7 rings (SSSR count). The molecule has 1 aliphatic carbocycles. The zero-order chi connectivity index (χ0) is 29.7. The summed E-state index contributed by atoms with van der Waals surface area (Å²) in [5, 5.41) is 10.7. The van der Waals surface area contributed by atoms with E-state index < -0.39 is 17.6 Å². The maximum absolute atomic E-state index is 14.5. The molecule has 2 fully saturated rings. The second-order valence-corrected chi connectivity index (χ2v) is 12.7. The van der Waals surface area contributed by atoms with Crippen molar-refractivity contribution in [1.82, 2.24) is 14.5 Å². The van der Waals surface area contributed by atoms with E-state index in [1.165, 1.54) is 36.0 Å². The molecule has 3 aromatic heterocycles. The maximum Gasteiger partial charge on any atom is 0.345 e. The summed E-state index contributed by atoms with van der Waals surface area (Å²) in [4.78, 5) is 32.3. The van der Waals surface area contributed by atoms with Crippen LogP contribution in [0.15, 0.2) is 54.6 Å². The van der Waals surface area contributed by atoms with Crippen molar-refractivity contribution < 1.29 is 23.5 Å². The predicted octanol–water partition coefficient (Wildman–Crippen LogP) is 8.23. The van der Waals surface area contributed by atoms with E-state index >= 15 is 0 Å². The van der Waals surface area contributed by atoms with Gasteiger partial charge in [-0.3, -0.25) is 4.79 Å². The van der Waals surface area contributed by atoms with Crippen molar-refractivity contribution in [3.8, 4) is 22.5 Å². The van der Waals surface area contributed by atoms with E-state index in [4.69, 9.17) is 0 Å². The Balaban J connectivity index is 1.40. The van der Waals surface area contributed by atoms with E-state index in [1.807, 2.05) is 33.7 Å². The van der Waals surface area contributed by atoms with Gasteiger partial charge in [0.25, 0.3) is 0 Å². The summed E-state index contributed by atoms with van der Waals surface area (Å²) in [6, 6.07) is 14.8. The van der Waals surface area contributed by atoms with Crippen LogP contribution in [0.3, 0.4) is 0 Å². The number of carbonyl (C=O) groups is 2. The minimum absolute atomic E-state index is 0.0351. The van der Waals surface area contributed by atoms with Crippen molar-refractivity contribution in [2.45, 2.75) is 57.4 Å². The van der Waals surface area contributed by atoms with Gasteiger partial charge in [-0.1, -0.05) is 37.5 Å². The van der Waals surface area contributed by atoms with Gasteiger partial charge in [-0.25, -0.2) is 18.6 Å². The van der Waals surface area contributed by atoms with Gasteiger partial charge < -0.3 is 14.6 Å². The Morgan fingerprint density at radius 2 is 1.67 bits per heavy atom. The first kappa shape index (κ1) is 27.7. The number of thiophene rings is 1. The number of hydrogen-bond acceptors (Lipinski definition) is 4. The highest BCUT2D eigenvalue weighted by atomic mass is 32.1. The SMILES string of the molecule is O=C(O)c1cc2c(s1)c(C1CCCCC1)c(-c1ccc3nc(-c4c(F)cccc4F)ccc3c1)n2CC(=O)N1CCCC1. The minimum Gasteiger partial charge on any atom is -0.477 e. The molecule has 0 unspecified atom stereocenters. The van der Waals surface area contributed by atoms with Gasteiger partial charge in [0, 0.05) is 18.5 Å². The largest absolute Gasteiger partial charge is 0.477 e. The molecule has 6 nitrogen and oxygen atoms in total. The Bertz CT molecular complexity index is 1860. The van der Waals surface area contributed by atoms with Gasteiger partial charge in [0.1, 0.15) is 23.1 Å². The molecule has 0 bridgehead atoms. The van der Waals surface area contributed by atoms with Crippen molar-refractivity contribution in [2.24, 2.45) is 0 Å². The van der Waals surface area contributed by atoms with Gasteiger partial charge in [0.15, 0.2) is 0 Å². The normalized spacial score (nSPS) is 16.0. The fourth-order valence-corrected chi connectivity index (χ4v) is 7.98. The van der Waals surface area contributed by atoms with Crippen molar-refractivity contribution >= 4 is 44.3 Å². The lowest BCUT2D eigenvalue weighted by Gasteiger charge is -2.24. The summed E-state index contributed by atoms with van der Waals surface area (Å²) in [6.07, 6.45) is 7.41. The maximum atomic E-state index is 14.5. The van der Waals surface area contributed by atoms with Crippen LogP contribution in [0.25, 0.3) is 43.6 Å². The molecular formula is C34H31F2N3O3S. The molecule has 220 valence electrons. The molecule has 1 amide bonds. The topological polar surface area (TPSA) is 75.4 Å². The number of amides is 1. The molecular weight excluding hydrogens is 568 g/mol. The number of carboxylic acids is 1. The first-order chi connectivity index (χ1) is 20.9. The molecule has 0 radical (unpaired) electrons. The number of pyridine rings is 1. The molecule has 4 heterocycles. The fourth-order valence-electron chi connectivity index (χ4n) is 6.86. The third-order valence-corrected chi connectivity index (χ3v) is 10.1. The molecule has 0 spiro atoms. The van der Waals surface area contributed by atoms with Crippen LogP contribution in [0.1, 0.15) is 66.1 Å². The van der Waals surface area contributed by atoms with Crippen LogP contribution in [0.2, 0.25) is 0 Å². The fraction of sp³-hybridized carbons (Fsp3) is 0.324. The Morgan fingerprint density at radius 1 is 0.930 bits per heavy atom. The number of carbonyl (C=O) groups excluding carboxylic acids is 1. The first-order valence-electron chi connectivity index (χ1n) is 14.9. The van der Waals surface area contributed by atoms with Crippen LogP contribution in [-0.2, 0) is 11.3 Å². The highest BCUT2D eigenvalue weighted by Gasteiger charge is 2.31. The van der Waals surface area contributed by atoms with Crippen molar-refractivity contribution in [1.29, 1.82) is 0 Å². The number of nitrogens with zero attached hydrogens (tertiary/aromatic N) is 3. The van der Waals surface area contributed by atoms with Gasteiger partial charge in [-0.05, 0) is 79.1 Å². The number of carboxylic acid groups (broad SMARTS) is 1. The Kier molecular flexibility index (Phi) is 7.21. The number of benzene rings is 2. The highest BCUT2D eigenvalue weighted by molar-refractivity contribution is 7.21. The van der Waals surface area contributed by atoms with Crippen LogP contribution in [-0.4, -0.2) is 44.5 Å². The number of aromatic nitrogens is 2. The summed E-state index contributed by atoms with van der Waals surface area (Å²) in [7, 11) is 0. The van der Waals surface area contributed by atoms with Crippen molar-refractivity contribution in [2.75, 3.05) is 13.1 Å². The Labute approximate surface area is 251 Å². The van der Waals surface area contributed by atoms with E-state index in [0.717, 1.165) is 84.0 Å². The summed E-state index contributed by atoms with van der Waals surface area (Å²) in [6.45, 7) is 1.62. The molecule has 0 atom stereocenters. The Hall–Kier alpha value is -4.11. The first-order valence-corrected chi connectivity index (χ1v) is 15.7. The Morgan fingerprint density at radius 3 is 2.40 bits per heavy atom. The summed E-state index contributed by atoms with van der Waals surface area (Å²) in [5.41, 5.74) is 4.44. The summed E-state index contributed by atoms with van der Waals surface area (Å²) in [5.74, 6) is -2.00. The monoisotopic (exact) mass is 599 g/mol. The highest BCUT2D eigenvalue weighted by Crippen LogP contribution is 2.47. The average molecular weight is 600 g/mol. The lowest BCUT2D eigenvalue weighted by atomic mass is 9.83. The van der Waals surface area contributed by atoms with E-state index in [9.17, 15) is 23.5 Å². The van der Waals surface area contributed by atoms with Gasteiger partial charge >= 0.3 is 5.97 Å². The number of likely N-dealkylation sites (tertiary alicyclic amines) is 1. The summed E-state index contributed by atoms with van der Waals surface area (Å²) >= 11 is 1.29. The molecule has 2 aliphatic rings. The van der Waals surface area contributed by atoms with Crippen LogP contribution in [0, 0.1) is 11.6 Å². The van der Waals surface area contributed by atoms with E-state index in [-0.39, 0.29) is 34.5 Å². The number of aromatic carboxylic acids is 1. The van der Waals surface area contributed by atoms with Crippen LogP contribution in [0.5, 0.6) is 0 Å². The lowest BCUT2D eigenvalue weighted by Crippen LogP contribution is -2.31. The zero-order valence-corrected chi connectivity index (χ0v) is 24.4. The van der Waals surface area contributed by atoms with Gasteiger partial charge in [0.05, 0.1) is 32.7 Å². The second-order valence-electron chi connectivity index (χ2n) is 11.6. The molecule has 2 aromatic carbocycles. The van der Waals surface area contributed by atoms with Crippen LogP contribution < -0.4 is 0 Å². The van der Waals surface area contributed by atoms with E-state index in [1.54, 1.807) is 12.1 Å². The number of rotatable bonds is 6. The molecule has 1 saturated carbocycles. The van der Waals surface area contributed by atoms with Gasteiger partial charge in [-0.2, -0.15) is 0 Å². The van der Waals surface area contributed by atoms with E-state index in [0.29, 0.717) is 5.52 Å². The molecule has 1 aliphatic heterocycles. The number of halogens is 2. The molecule has 1 N–H and O–H groups in total. The van der Waals surface area contributed by atoms with Gasteiger partial charge in [-0.15, -0.1) is 11.3 Å². The third kappa shape index (κ3) is 4.99. The molecule has 9 heteroatoms. The van der Waals surface area contributed by atoms with E-state index in [2.05, 4.69) is 4.98 Å². The lowest BCUT2D eigenvalue weighted by molar-refractivity contribution is -0.130. The molecule has 1 saturated heterocycles. The molecule has 5 aromatic rings. The average Bonchev–Trinajstić information content (AvgIpc) is 3.75. The smallest absolute Gasteiger partial charge is 0.345 e. The van der Waals surface area contributed by atoms with Crippen molar-refractivity contribution in [3.05, 3.63) is 76.7 Å². The predicted molar refractivity (Wildman–Crippen MR) is 165 cm³/mol. The zero-order valence-electron chi connectivity index (χ0n) is 23.6. The van der Waals surface area contributed by atoms with Crippen LogP contribution >= 0.6 is 11.3 Å². The van der Waals surface area contributed by atoms with Gasteiger partial charge in [0.2, 0.25) is 5.91 Å². The summed E-state index contributed by atoms with van der Waals surface area (Å²) < 4.78 is 32.0. The molecule has 43 heavy (non-hydrogen) atoms. The van der Waals surface area contributed by atoms with Crippen molar-refractivity contribution in [3.63, 3.8) is 0 Å². The second kappa shape index (κ2) is 11.2. The number of fused-ring (bicyclic) bond motifs is 2. The minimum atomic E-state index is -0.964. The third-order valence-electron chi connectivity index (χ3n) is 8.93.